The molecule has 0 spiro atoms. The van der Waals surface area contributed by atoms with Gasteiger partial charge in [0.15, 0.2) is 0 Å². The van der Waals surface area contributed by atoms with Crippen molar-refractivity contribution in [2.24, 2.45) is 5.10 Å². The minimum atomic E-state index is -3.81. The zero-order valence-corrected chi connectivity index (χ0v) is 14.0. The summed E-state index contributed by atoms with van der Waals surface area (Å²) < 4.78 is 57.8. The predicted molar refractivity (Wildman–Crippen MR) is 88.6 cm³/mol. The molecule has 1 N–H and O–H groups in total. The molecule has 0 atom stereocenters. The van der Waals surface area contributed by atoms with Gasteiger partial charge in [-0.2, -0.15) is 22.3 Å². The van der Waals surface area contributed by atoms with Crippen molar-refractivity contribution in [1.82, 2.24) is 4.83 Å². The van der Waals surface area contributed by atoms with Crippen LogP contribution in [0.3, 0.4) is 0 Å². The molecule has 2 aromatic rings. The molecule has 25 heavy (non-hydrogen) atoms. The lowest BCUT2D eigenvalue weighted by molar-refractivity contribution is -0.0498. The molecule has 134 valence electrons. The first kappa shape index (κ1) is 18.7. The summed E-state index contributed by atoms with van der Waals surface area (Å²) in [7, 11) is -3.81. The quantitative estimate of drug-likeness (QED) is 0.572. The first-order chi connectivity index (χ1) is 11.9. The summed E-state index contributed by atoms with van der Waals surface area (Å²) >= 11 is 0. The third-order valence-corrected chi connectivity index (χ3v) is 4.18. The molecule has 0 aliphatic carbocycles. The van der Waals surface area contributed by atoms with Crippen molar-refractivity contribution in [1.29, 1.82) is 0 Å². The van der Waals surface area contributed by atoms with Gasteiger partial charge in [0, 0.05) is 0 Å². The maximum atomic E-state index is 12.1. The molecule has 0 aliphatic rings. The molecule has 0 radical (unpaired) electrons. The van der Waals surface area contributed by atoms with Gasteiger partial charge in [0.05, 0.1) is 17.7 Å². The zero-order valence-electron chi connectivity index (χ0n) is 13.2. The van der Waals surface area contributed by atoms with Crippen molar-refractivity contribution in [2.45, 2.75) is 18.4 Å². The van der Waals surface area contributed by atoms with E-state index in [1.165, 1.54) is 42.6 Å². The van der Waals surface area contributed by atoms with Gasteiger partial charge in [-0.15, -0.1) is 0 Å². The minimum Gasteiger partial charge on any atom is -0.494 e. The van der Waals surface area contributed by atoms with Gasteiger partial charge >= 0.3 is 6.61 Å². The molecule has 0 aliphatic heterocycles. The Kier molecular flexibility index (Phi) is 6.29. The fourth-order valence-electron chi connectivity index (χ4n) is 1.84. The molecule has 0 aromatic heterocycles. The van der Waals surface area contributed by atoms with E-state index in [-0.39, 0.29) is 10.6 Å². The minimum absolute atomic E-state index is 0.00196. The molecular weight excluding hydrogens is 354 g/mol. The summed E-state index contributed by atoms with van der Waals surface area (Å²) in [6, 6.07) is 11.5. The summed E-state index contributed by atoms with van der Waals surface area (Å²) in [5.74, 6) is 0.568. The number of sulfonamides is 1. The van der Waals surface area contributed by atoms with E-state index in [1.807, 2.05) is 6.92 Å². The van der Waals surface area contributed by atoms with E-state index in [0.29, 0.717) is 17.9 Å². The van der Waals surface area contributed by atoms with Crippen molar-refractivity contribution in [2.75, 3.05) is 6.61 Å². The maximum Gasteiger partial charge on any atom is 0.387 e. The van der Waals surface area contributed by atoms with E-state index in [4.69, 9.17) is 4.74 Å². The van der Waals surface area contributed by atoms with Gasteiger partial charge in [-0.25, -0.2) is 4.83 Å². The number of alkyl halides is 2. The Morgan fingerprint density at radius 3 is 2.24 bits per heavy atom. The molecule has 0 amide bonds. The number of halogens is 2. The van der Waals surface area contributed by atoms with Crippen LogP contribution in [0.2, 0.25) is 0 Å². The average molecular weight is 370 g/mol. The molecule has 0 saturated carbocycles. The normalized spacial score (nSPS) is 11.7. The lowest BCUT2D eigenvalue weighted by Crippen LogP contribution is -2.18. The van der Waals surface area contributed by atoms with E-state index in [1.54, 1.807) is 12.1 Å². The van der Waals surface area contributed by atoms with Crippen molar-refractivity contribution in [3.05, 3.63) is 54.1 Å². The first-order valence-electron chi connectivity index (χ1n) is 7.23. The molecule has 9 heteroatoms. The summed E-state index contributed by atoms with van der Waals surface area (Å²) in [4.78, 5) is 2.11. The molecule has 0 saturated heterocycles. The van der Waals surface area contributed by atoms with Crippen LogP contribution in [-0.2, 0) is 10.0 Å². The Labute approximate surface area is 144 Å². The molecule has 0 fully saturated rings. The zero-order chi connectivity index (χ0) is 18.3. The van der Waals surface area contributed by atoms with Crippen LogP contribution in [0.1, 0.15) is 12.5 Å². The molecule has 0 unspecified atom stereocenters. The van der Waals surface area contributed by atoms with E-state index in [9.17, 15) is 17.2 Å². The summed E-state index contributed by atoms with van der Waals surface area (Å²) in [5.41, 5.74) is 0.510. The van der Waals surface area contributed by atoms with E-state index in [0.717, 1.165) is 0 Å². The molecule has 6 nitrogen and oxygen atoms in total. The average Bonchev–Trinajstić information content (AvgIpc) is 2.57. The van der Waals surface area contributed by atoms with E-state index >= 15 is 0 Å². The van der Waals surface area contributed by atoms with Crippen LogP contribution in [0.15, 0.2) is 58.5 Å². The fraction of sp³-hybridized carbons (Fsp3) is 0.188. The largest absolute Gasteiger partial charge is 0.494 e. The second-order valence-corrected chi connectivity index (χ2v) is 6.37. The van der Waals surface area contributed by atoms with Gasteiger partial charge in [0.2, 0.25) is 0 Å². The van der Waals surface area contributed by atoms with Crippen molar-refractivity contribution < 1.29 is 26.7 Å². The number of benzene rings is 2. The van der Waals surface area contributed by atoms with Gasteiger partial charge in [-0.05, 0) is 61.0 Å². The Balaban J connectivity index is 1.99. The smallest absolute Gasteiger partial charge is 0.387 e. The van der Waals surface area contributed by atoms with Crippen LogP contribution in [0.25, 0.3) is 0 Å². The number of hydrogen-bond donors (Lipinski definition) is 1. The molecular formula is C16H16F2N2O4S. The van der Waals surface area contributed by atoms with E-state index < -0.39 is 16.6 Å². The number of hydrogen-bond acceptors (Lipinski definition) is 5. The van der Waals surface area contributed by atoms with Crippen LogP contribution in [0.4, 0.5) is 8.78 Å². The first-order valence-corrected chi connectivity index (χ1v) is 8.71. The SMILES string of the molecule is CCOc1ccc(S(=O)(=O)NN=Cc2ccc(OC(F)F)cc2)cc1. The Morgan fingerprint density at radius 1 is 1.08 bits per heavy atom. The molecule has 0 bridgehead atoms. The maximum absolute atomic E-state index is 12.1. The van der Waals surface area contributed by atoms with Crippen molar-refractivity contribution in [3.8, 4) is 11.5 Å². The predicted octanol–water partition coefficient (Wildman–Crippen LogP) is 3.00. The van der Waals surface area contributed by atoms with Gasteiger partial charge < -0.3 is 9.47 Å². The highest BCUT2D eigenvalue weighted by Crippen LogP contribution is 2.16. The van der Waals surface area contributed by atoms with Crippen molar-refractivity contribution >= 4 is 16.2 Å². The third-order valence-electron chi connectivity index (χ3n) is 2.94. The number of rotatable bonds is 8. The standard InChI is InChI=1S/C16H16F2N2O4S/c1-2-23-13-7-9-15(10-8-13)25(21,22)20-19-11-12-3-5-14(6-4-12)24-16(17)18/h3-11,16,20H,2H2,1H3. The van der Waals surface area contributed by atoms with Crippen LogP contribution < -0.4 is 14.3 Å². The Morgan fingerprint density at radius 2 is 1.68 bits per heavy atom. The lowest BCUT2D eigenvalue weighted by atomic mass is 10.2. The van der Waals surface area contributed by atoms with Crippen LogP contribution in [0.5, 0.6) is 11.5 Å². The second-order valence-electron chi connectivity index (χ2n) is 4.70. The van der Waals surface area contributed by atoms with Gasteiger partial charge in [0.25, 0.3) is 10.0 Å². The number of ether oxygens (including phenoxy) is 2. The fourth-order valence-corrected chi connectivity index (χ4v) is 2.63. The summed E-state index contributed by atoms with van der Waals surface area (Å²) in [6.07, 6.45) is 1.25. The van der Waals surface area contributed by atoms with Crippen LogP contribution >= 0.6 is 0 Å². The third kappa shape index (κ3) is 5.71. The molecule has 2 rings (SSSR count). The highest BCUT2D eigenvalue weighted by atomic mass is 32.2. The topological polar surface area (TPSA) is 77.0 Å². The van der Waals surface area contributed by atoms with Crippen molar-refractivity contribution in [3.63, 3.8) is 0 Å². The summed E-state index contributed by atoms with van der Waals surface area (Å²) in [6.45, 7) is -0.594. The number of nitrogens with zero attached hydrogens (tertiary/aromatic N) is 1. The van der Waals surface area contributed by atoms with E-state index in [2.05, 4.69) is 14.7 Å². The van der Waals surface area contributed by atoms with Crippen LogP contribution in [0, 0.1) is 0 Å². The van der Waals surface area contributed by atoms with Gasteiger partial charge in [0.1, 0.15) is 11.5 Å². The number of nitrogens with one attached hydrogen (secondary N) is 1. The monoisotopic (exact) mass is 370 g/mol. The highest BCUT2D eigenvalue weighted by Gasteiger charge is 2.12. The van der Waals surface area contributed by atoms with Gasteiger partial charge in [-0.3, -0.25) is 0 Å². The lowest BCUT2D eigenvalue weighted by Gasteiger charge is -2.06. The summed E-state index contributed by atoms with van der Waals surface area (Å²) in [5, 5.41) is 3.66. The molecule has 2 aromatic carbocycles. The molecule has 0 heterocycles. The highest BCUT2D eigenvalue weighted by molar-refractivity contribution is 7.89. The second kappa shape index (κ2) is 8.43. The number of hydrazone groups is 1. The van der Waals surface area contributed by atoms with Crippen LogP contribution in [-0.4, -0.2) is 27.9 Å². The van der Waals surface area contributed by atoms with Gasteiger partial charge in [-0.1, -0.05) is 0 Å². The Hall–Kier alpha value is -2.68. The Bertz CT molecular complexity index is 807.